The van der Waals surface area contributed by atoms with Gasteiger partial charge in [-0.15, -0.1) is 11.8 Å². The lowest BCUT2D eigenvalue weighted by molar-refractivity contribution is 0.361. The fourth-order valence-electron chi connectivity index (χ4n) is 1.53. The van der Waals surface area contributed by atoms with Crippen molar-refractivity contribution in [1.82, 2.24) is 4.98 Å². The van der Waals surface area contributed by atoms with Gasteiger partial charge in [0, 0.05) is 18.1 Å². The second-order valence-electron chi connectivity index (χ2n) is 3.85. The molecule has 0 N–H and O–H groups in total. The van der Waals surface area contributed by atoms with E-state index in [1.54, 1.807) is 24.5 Å². The number of thioether (sulfide) groups is 1. The Balaban J connectivity index is 2.14. The van der Waals surface area contributed by atoms with E-state index in [0.717, 1.165) is 5.56 Å². The average Bonchev–Trinajstić information content (AvgIpc) is 2.48. The van der Waals surface area contributed by atoms with Crippen molar-refractivity contribution < 1.29 is 22.0 Å². The molecule has 7 heteroatoms. The van der Waals surface area contributed by atoms with Crippen LogP contribution in [0, 0.1) is 29.1 Å². The van der Waals surface area contributed by atoms with E-state index in [4.69, 9.17) is 0 Å². The van der Waals surface area contributed by atoms with Gasteiger partial charge in [0.2, 0.25) is 5.82 Å². The Hall–Kier alpha value is -1.63. The predicted octanol–water partition coefficient (Wildman–Crippen LogP) is 4.11. The van der Waals surface area contributed by atoms with Gasteiger partial charge in [0.15, 0.2) is 23.3 Å². The zero-order chi connectivity index (χ0) is 14.7. The second-order valence-corrected chi connectivity index (χ2v) is 4.96. The molecule has 1 aromatic heterocycles. The van der Waals surface area contributed by atoms with Gasteiger partial charge in [-0.1, -0.05) is 0 Å². The van der Waals surface area contributed by atoms with E-state index in [-0.39, 0.29) is 5.75 Å². The Labute approximate surface area is 115 Å². The average molecular weight is 305 g/mol. The van der Waals surface area contributed by atoms with Crippen LogP contribution in [0.25, 0.3) is 0 Å². The van der Waals surface area contributed by atoms with Crippen LogP contribution in [0.3, 0.4) is 0 Å². The number of rotatable bonds is 4. The first kappa shape index (κ1) is 14.8. The number of nitrogens with zero attached hydrogens (tertiary/aromatic N) is 1. The lowest BCUT2D eigenvalue weighted by Gasteiger charge is -2.07. The minimum Gasteiger partial charge on any atom is -0.265 e. The maximum absolute atomic E-state index is 13.4. The highest BCUT2D eigenvalue weighted by Crippen LogP contribution is 2.31. The van der Waals surface area contributed by atoms with E-state index in [1.807, 2.05) is 0 Å². The molecule has 0 aliphatic carbocycles. The molecule has 0 aliphatic rings. The fourth-order valence-corrected chi connectivity index (χ4v) is 2.51. The molecule has 0 amide bonds. The van der Waals surface area contributed by atoms with E-state index >= 15 is 0 Å². The number of pyridine rings is 1. The largest absolute Gasteiger partial charge is 0.265 e. The van der Waals surface area contributed by atoms with Gasteiger partial charge in [0.25, 0.3) is 0 Å². The molecule has 2 rings (SSSR count). The molecule has 0 radical (unpaired) electrons. The quantitative estimate of drug-likeness (QED) is 0.365. The molecule has 1 aromatic carbocycles. The van der Waals surface area contributed by atoms with Crippen molar-refractivity contribution in [3.05, 3.63) is 59.2 Å². The normalized spacial score (nSPS) is 10.8. The molecule has 0 saturated carbocycles. The standard InChI is InChI=1S/C13H8F5NS/c14-8-9(15)11(17)13(12(18)10(8)16)20-6-3-7-1-4-19-5-2-7/h1-2,4-5H,3,6H2. The summed E-state index contributed by atoms with van der Waals surface area (Å²) in [6.07, 6.45) is 3.53. The minimum absolute atomic E-state index is 0.183. The zero-order valence-electron chi connectivity index (χ0n) is 9.97. The number of benzene rings is 1. The van der Waals surface area contributed by atoms with Crippen LogP contribution in [0.5, 0.6) is 0 Å². The van der Waals surface area contributed by atoms with Gasteiger partial charge in [-0.3, -0.25) is 4.98 Å². The molecule has 0 atom stereocenters. The van der Waals surface area contributed by atoms with Gasteiger partial charge in [-0.05, 0) is 24.1 Å². The Morgan fingerprint density at radius 1 is 0.800 bits per heavy atom. The lowest BCUT2D eigenvalue weighted by atomic mass is 10.2. The summed E-state index contributed by atoms with van der Waals surface area (Å²) in [5.41, 5.74) is 0.858. The maximum Gasteiger partial charge on any atom is 0.200 e. The van der Waals surface area contributed by atoms with Crippen LogP contribution in [0.2, 0.25) is 0 Å². The Bertz CT molecular complexity index is 589. The van der Waals surface area contributed by atoms with E-state index in [9.17, 15) is 22.0 Å². The Kier molecular flexibility index (Phi) is 4.59. The van der Waals surface area contributed by atoms with Crippen LogP contribution in [-0.2, 0) is 6.42 Å². The number of hydrogen-bond acceptors (Lipinski definition) is 2. The molecule has 20 heavy (non-hydrogen) atoms. The number of aryl methyl sites for hydroxylation is 1. The van der Waals surface area contributed by atoms with Crippen molar-refractivity contribution in [1.29, 1.82) is 0 Å². The molecular formula is C13H8F5NS. The van der Waals surface area contributed by atoms with E-state index in [2.05, 4.69) is 4.98 Å². The molecule has 1 heterocycles. The van der Waals surface area contributed by atoms with Crippen molar-refractivity contribution in [2.24, 2.45) is 0 Å². The number of hydrogen-bond donors (Lipinski definition) is 0. The Morgan fingerprint density at radius 3 is 1.85 bits per heavy atom. The van der Waals surface area contributed by atoms with E-state index in [0.29, 0.717) is 18.2 Å². The van der Waals surface area contributed by atoms with Gasteiger partial charge >= 0.3 is 0 Å². The van der Waals surface area contributed by atoms with Crippen molar-refractivity contribution in [3.63, 3.8) is 0 Å². The number of halogens is 5. The highest BCUT2D eigenvalue weighted by Gasteiger charge is 2.25. The van der Waals surface area contributed by atoms with Crippen LogP contribution >= 0.6 is 11.8 Å². The summed E-state index contributed by atoms with van der Waals surface area (Å²) in [5, 5.41) is 0. The molecule has 0 fully saturated rings. The van der Waals surface area contributed by atoms with Crippen LogP contribution in [0.4, 0.5) is 22.0 Å². The minimum atomic E-state index is -2.14. The van der Waals surface area contributed by atoms with Crippen molar-refractivity contribution >= 4 is 11.8 Å². The molecule has 0 aliphatic heterocycles. The Morgan fingerprint density at radius 2 is 1.30 bits per heavy atom. The van der Waals surface area contributed by atoms with Crippen molar-refractivity contribution in [2.75, 3.05) is 5.75 Å². The van der Waals surface area contributed by atoms with Gasteiger partial charge in [0.05, 0.1) is 4.90 Å². The lowest BCUT2D eigenvalue weighted by Crippen LogP contribution is -2.04. The third-order valence-corrected chi connectivity index (χ3v) is 3.61. The molecule has 106 valence electrons. The van der Waals surface area contributed by atoms with Crippen LogP contribution in [-0.4, -0.2) is 10.7 Å². The first-order valence-corrected chi connectivity index (χ1v) is 6.54. The highest BCUT2D eigenvalue weighted by molar-refractivity contribution is 7.99. The summed E-state index contributed by atoms with van der Waals surface area (Å²) in [6.45, 7) is 0. The van der Waals surface area contributed by atoms with E-state index in [1.165, 1.54) is 0 Å². The van der Waals surface area contributed by atoms with E-state index < -0.39 is 34.0 Å². The molecule has 1 nitrogen and oxygen atoms in total. The fraction of sp³-hybridized carbons (Fsp3) is 0.154. The predicted molar refractivity (Wildman–Crippen MR) is 64.9 cm³/mol. The van der Waals surface area contributed by atoms with Crippen molar-refractivity contribution in [3.8, 4) is 0 Å². The molecule has 0 spiro atoms. The smallest absolute Gasteiger partial charge is 0.200 e. The molecule has 0 saturated heterocycles. The summed E-state index contributed by atoms with van der Waals surface area (Å²) >= 11 is 0.588. The molecular weight excluding hydrogens is 297 g/mol. The molecule has 0 bridgehead atoms. The van der Waals surface area contributed by atoms with Crippen LogP contribution in [0.1, 0.15) is 5.56 Å². The van der Waals surface area contributed by atoms with Gasteiger partial charge in [-0.25, -0.2) is 22.0 Å². The van der Waals surface area contributed by atoms with Crippen LogP contribution < -0.4 is 0 Å². The molecule has 2 aromatic rings. The van der Waals surface area contributed by atoms with Gasteiger partial charge in [-0.2, -0.15) is 0 Å². The zero-order valence-corrected chi connectivity index (χ0v) is 10.8. The molecule has 0 unspecified atom stereocenters. The van der Waals surface area contributed by atoms with Crippen LogP contribution in [0.15, 0.2) is 29.4 Å². The van der Waals surface area contributed by atoms with Gasteiger partial charge in [0.1, 0.15) is 0 Å². The summed E-state index contributed by atoms with van der Waals surface area (Å²) in [6, 6.07) is 3.41. The second kappa shape index (κ2) is 6.21. The first-order chi connectivity index (χ1) is 9.52. The van der Waals surface area contributed by atoms with Gasteiger partial charge < -0.3 is 0 Å². The summed E-state index contributed by atoms with van der Waals surface area (Å²) in [5.74, 6) is -9.38. The first-order valence-electron chi connectivity index (χ1n) is 5.55. The highest BCUT2D eigenvalue weighted by atomic mass is 32.2. The topological polar surface area (TPSA) is 12.9 Å². The SMILES string of the molecule is Fc1c(F)c(F)c(SCCc2ccncc2)c(F)c1F. The summed E-state index contributed by atoms with van der Waals surface area (Å²) < 4.78 is 65.5. The third-order valence-electron chi connectivity index (χ3n) is 2.56. The maximum atomic E-state index is 13.4. The third kappa shape index (κ3) is 2.92. The monoisotopic (exact) mass is 305 g/mol. The summed E-state index contributed by atoms with van der Waals surface area (Å²) in [4.78, 5) is 2.95. The number of aromatic nitrogens is 1. The summed E-state index contributed by atoms with van der Waals surface area (Å²) in [7, 11) is 0. The van der Waals surface area contributed by atoms with Crippen molar-refractivity contribution in [2.45, 2.75) is 11.3 Å².